The second-order valence-electron chi connectivity index (χ2n) is 5.87. The van der Waals surface area contributed by atoms with Gasteiger partial charge in [0.05, 0.1) is 27.8 Å². The third kappa shape index (κ3) is 5.08. The van der Waals surface area contributed by atoms with Gasteiger partial charge in [-0.1, -0.05) is 17.4 Å². The van der Waals surface area contributed by atoms with Crippen molar-refractivity contribution in [2.75, 3.05) is 18.5 Å². The zero-order chi connectivity index (χ0) is 20.9. The maximum atomic E-state index is 12.6. The van der Waals surface area contributed by atoms with E-state index in [2.05, 4.69) is 15.0 Å². The molecule has 0 unspecified atom stereocenters. The molecule has 3 aromatic rings. The molecular formula is C19H18N4O4S2. The molecule has 0 saturated heterocycles. The van der Waals surface area contributed by atoms with E-state index in [4.69, 9.17) is 10.00 Å². The largest absolute Gasteiger partial charge is 0.494 e. The van der Waals surface area contributed by atoms with Crippen molar-refractivity contribution in [3.05, 3.63) is 48.0 Å². The number of nitriles is 1. The first-order valence-corrected chi connectivity index (χ1v) is 11.0. The summed E-state index contributed by atoms with van der Waals surface area (Å²) in [5.74, 6) is 0.256. The van der Waals surface area contributed by atoms with Gasteiger partial charge in [-0.05, 0) is 43.3 Å². The SMILES string of the molecule is CCOc1ccc2nc(NC(=O)c3cccc(S(=O)(=O)NCCC#N)c3)sc2c1. The molecule has 0 aliphatic carbocycles. The number of hydrogen-bond donors (Lipinski definition) is 2. The number of sulfonamides is 1. The van der Waals surface area contributed by atoms with E-state index in [0.29, 0.717) is 11.7 Å². The Balaban J connectivity index is 1.77. The molecule has 29 heavy (non-hydrogen) atoms. The molecule has 0 bridgehead atoms. The predicted octanol–water partition coefficient (Wildman–Crippen LogP) is 3.14. The normalized spacial score (nSPS) is 11.2. The molecule has 0 radical (unpaired) electrons. The number of nitrogens with zero attached hydrogens (tertiary/aromatic N) is 2. The molecule has 1 amide bonds. The number of amides is 1. The van der Waals surface area contributed by atoms with Crippen molar-refractivity contribution in [2.24, 2.45) is 0 Å². The number of ether oxygens (including phenoxy) is 1. The van der Waals surface area contributed by atoms with Crippen LogP contribution in [0.4, 0.5) is 5.13 Å². The van der Waals surface area contributed by atoms with Crippen LogP contribution in [-0.2, 0) is 10.0 Å². The number of fused-ring (bicyclic) bond motifs is 1. The molecule has 0 fully saturated rings. The Labute approximate surface area is 172 Å². The molecular weight excluding hydrogens is 412 g/mol. The molecule has 0 atom stereocenters. The van der Waals surface area contributed by atoms with E-state index in [9.17, 15) is 13.2 Å². The van der Waals surface area contributed by atoms with E-state index in [1.807, 2.05) is 31.2 Å². The van der Waals surface area contributed by atoms with Crippen LogP contribution in [0, 0.1) is 11.3 Å². The first-order chi connectivity index (χ1) is 13.9. The number of carbonyl (C=O) groups excluding carboxylic acids is 1. The van der Waals surface area contributed by atoms with Gasteiger partial charge in [0.1, 0.15) is 5.75 Å². The highest BCUT2D eigenvalue weighted by atomic mass is 32.2. The fourth-order valence-corrected chi connectivity index (χ4v) is 4.48. The summed E-state index contributed by atoms with van der Waals surface area (Å²) in [7, 11) is -3.80. The Bertz CT molecular complexity index is 1180. The number of hydrogen-bond acceptors (Lipinski definition) is 7. The highest BCUT2D eigenvalue weighted by molar-refractivity contribution is 7.89. The molecule has 0 spiro atoms. The number of thiazole rings is 1. The molecule has 8 nitrogen and oxygen atoms in total. The molecule has 0 aliphatic heterocycles. The lowest BCUT2D eigenvalue weighted by Gasteiger charge is -2.07. The standard InChI is InChI=1S/C19H18N4O4S2/c1-2-27-14-7-8-16-17(12-14)28-19(22-16)23-18(24)13-5-3-6-15(11-13)29(25,26)21-10-4-9-20/h3,5-8,11-12,21H,2,4,10H2,1H3,(H,22,23,24). The molecule has 0 saturated carbocycles. The van der Waals surface area contributed by atoms with Crippen molar-refractivity contribution in [3.63, 3.8) is 0 Å². The summed E-state index contributed by atoms with van der Waals surface area (Å²) in [5, 5.41) is 11.6. The Kier molecular flexibility index (Phi) is 6.43. The lowest BCUT2D eigenvalue weighted by atomic mass is 10.2. The van der Waals surface area contributed by atoms with Crippen LogP contribution in [-0.4, -0.2) is 32.5 Å². The average molecular weight is 431 g/mol. The van der Waals surface area contributed by atoms with Crippen LogP contribution >= 0.6 is 11.3 Å². The van der Waals surface area contributed by atoms with Gasteiger partial charge in [-0.15, -0.1) is 0 Å². The minimum atomic E-state index is -3.80. The summed E-state index contributed by atoms with van der Waals surface area (Å²) >= 11 is 1.30. The second kappa shape index (κ2) is 9.00. The van der Waals surface area contributed by atoms with Crippen LogP contribution in [0.5, 0.6) is 5.75 Å². The average Bonchev–Trinajstić information content (AvgIpc) is 3.10. The summed E-state index contributed by atoms with van der Waals surface area (Å²) in [6, 6.07) is 13.0. The highest BCUT2D eigenvalue weighted by Gasteiger charge is 2.17. The van der Waals surface area contributed by atoms with Gasteiger partial charge in [-0.25, -0.2) is 18.1 Å². The molecule has 2 aromatic carbocycles. The van der Waals surface area contributed by atoms with E-state index in [-0.39, 0.29) is 23.4 Å². The smallest absolute Gasteiger partial charge is 0.257 e. The number of aromatic nitrogens is 1. The van der Waals surface area contributed by atoms with Gasteiger partial charge < -0.3 is 4.74 Å². The number of anilines is 1. The zero-order valence-corrected chi connectivity index (χ0v) is 17.1. The number of nitrogens with one attached hydrogen (secondary N) is 2. The van der Waals surface area contributed by atoms with Crippen LogP contribution in [0.15, 0.2) is 47.4 Å². The van der Waals surface area contributed by atoms with Gasteiger partial charge in [-0.2, -0.15) is 5.26 Å². The van der Waals surface area contributed by atoms with Gasteiger partial charge in [0, 0.05) is 18.5 Å². The topological polar surface area (TPSA) is 121 Å². The van der Waals surface area contributed by atoms with Gasteiger partial charge >= 0.3 is 0 Å². The van der Waals surface area contributed by atoms with Crippen LogP contribution in [0.25, 0.3) is 10.2 Å². The maximum absolute atomic E-state index is 12.6. The molecule has 1 aromatic heterocycles. The first-order valence-electron chi connectivity index (χ1n) is 8.74. The van der Waals surface area contributed by atoms with Crippen molar-refractivity contribution >= 4 is 42.6 Å². The number of carbonyl (C=O) groups is 1. The zero-order valence-electron chi connectivity index (χ0n) is 15.5. The van der Waals surface area contributed by atoms with Crippen molar-refractivity contribution < 1.29 is 17.9 Å². The second-order valence-corrected chi connectivity index (χ2v) is 8.67. The summed E-state index contributed by atoms with van der Waals surface area (Å²) in [6.45, 7) is 2.46. The maximum Gasteiger partial charge on any atom is 0.257 e. The predicted molar refractivity (Wildman–Crippen MR) is 111 cm³/mol. The molecule has 2 N–H and O–H groups in total. The Morgan fingerprint density at radius 2 is 2.10 bits per heavy atom. The number of benzene rings is 2. The summed E-state index contributed by atoms with van der Waals surface area (Å²) in [4.78, 5) is 16.9. The third-order valence-electron chi connectivity index (χ3n) is 3.83. The van der Waals surface area contributed by atoms with E-state index in [1.54, 1.807) is 0 Å². The molecule has 3 rings (SSSR count). The fraction of sp³-hybridized carbons (Fsp3) is 0.211. The molecule has 1 heterocycles. The molecule has 0 aliphatic rings. The van der Waals surface area contributed by atoms with E-state index in [1.165, 1.54) is 35.6 Å². The highest BCUT2D eigenvalue weighted by Crippen LogP contribution is 2.29. The monoisotopic (exact) mass is 430 g/mol. The summed E-state index contributed by atoms with van der Waals surface area (Å²) < 4.78 is 33.2. The fourth-order valence-electron chi connectivity index (χ4n) is 2.51. The lowest BCUT2D eigenvalue weighted by Crippen LogP contribution is -2.25. The lowest BCUT2D eigenvalue weighted by molar-refractivity contribution is 0.102. The van der Waals surface area contributed by atoms with Gasteiger partial charge in [0.15, 0.2) is 5.13 Å². The van der Waals surface area contributed by atoms with Crippen molar-refractivity contribution in [3.8, 4) is 11.8 Å². The quantitative estimate of drug-likeness (QED) is 0.530. The minimum absolute atomic E-state index is 0.00466. The molecule has 150 valence electrons. The summed E-state index contributed by atoms with van der Waals surface area (Å²) in [5.41, 5.74) is 0.911. The van der Waals surface area contributed by atoms with Gasteiger partial charge in [0.2, 0.25) is 10.0 Å². The Morgan fingerprint density at radius 3 is 2.86 bits per heavy atom. The third-order valence-corrected chi connectivity index (χ3v) is 6.22. The van der Waals surface area contributed by atoms with Crippen LogP contribution in [0.2, 0.25) is 0 Å². The molecule has 10 heteroatoms. The first kappa shape index (κ1) is 20.7. The van der Waals surface area contributed by atoms with Crippen LogP contribution in [0.1, 0.15) is 23.7 Å². The van der Waals surface area contributed by atoms with E-state index in [0.717, 1.165) is 16.0 Å². The van der Waals surface area contributed by atoms with Crippen molar-refractivity contribution in [1.82, 2.24) is 9.71 Å². The van der Waals surface area contributed by atoms with E-state index < -0.39 is 15.9 Å². The van der Waals surface area contributed by atoms with Crippen LogP contribution < -0.4 is 14.8 Å². The van der Waals surface area contributed by atoms with E-state index >= 15 is 0 Å². The number of rotatable bonds is 8. The Hall–Kier alpha value is -3.00. The Morgan fingerprint density at radius 1 is 1.28 bits per heavy atom. The van der Waals surface area contributed by atoms with Gasteiger partial charge in [-0.3, -0.25) is 10.1 Å². The van der Waals surface area contributed by atoms with Crippen LogP contribution in [0.3, 0.4) is 0 Å². The summed E-state index contributed by atoms with van der Waals surface area (Å²) in [6.07, 6.45) is 0.0576. The minimum Gasteiger partial charge on any atom is -0.494 e. The van der Waals surface area contributed by atoms with Gasteiger partial charge in [0.25, 0.3) is 5.91 Å². The van der Waals surface area contributed by atoms with Crippen molar-refractivity contribution in [1.29, 1.82) is 5.26 Å². The van der Waals surface area contributed by atoms with Crippen molar-refractivity contribution in [2.45, 2.75) is 18.2 Å².